The molecule has 1 heterocycles. The summed E-state index contributed by atoms with van der Waals surface area (Å²) in [6.45, 7) is -0.501. The third-order valence-electron chi connectivity index (χ3n) is 8.68. The Morgan fingerprint density at radius 3 is 1.76 bits per heavy atom. The van der Waals surface area contributed by atoms with E-state index in [0.717, 1.165) is 66.8 Å². The summed E-state index contributed by atoms with van der Waals surface area (Å²) in [6.07, 6.45) is 0.514. The number of hydrogen-bond acceptors (Lipinski definition) is 5. The van der Waals surface area contributed by atoms with E-state index in [1.807, 2.05) is 84.9 Å². The van der Waals surface area contributed by atoms with Crippen molar-refractivity contribution in [1.82, 2.24) is 0 Å². The number of benzene rings is 6. The van der Waals surface area contributed by atoms with Crippen molar-refractivity contribution in [3.05, 3.63) is 151 Å². The summed E-state index contributed by atoms with van der Waals surface area (Å²) in [5, 5.41) is 10.6. The predicted molar refractivity (Wildman–Crippen MR) is 193 cm³/mol. The Bertz CT molecular complexity index is 2200. The fourth-order valence-electron chi connectivity index (χ4n) is 6.21. The van der Waals surface area contributed by atoms with Crippen molar-refractivity contribution in [3.63, 3.8) is 0 Å². The number of carboxylic acids is 1. The molecule has 0 spiro atoms. The lowest BCUT2D eigenvalue weighted by molar-refractivity contribution is -0.139. The van der Waals surface area contributed by atoms with Crippen LogP contribution in [0, 0.1) is 5.82 Å². The molecule has 7 aromatic rings. The lowest BCUT2D eigenvalue weighted by Crippen LogP contribution is -2.11. The third-order valence-corrected chi connectivity index (χ3v) is 8.68. The summed E-state index contributed by atoms with van der Waals surface area (Å²) in [5.41, 5.74) is 8.75. The van der Waals surface area contributed by atoms with E-state index in [9.17, 15) is 14.3 Å². The summed E-state index contributed by atoms with van der Waals surface area (Å²) < 4.78 is 36.8. The van der Waals surface area contributed by atoms with E-state index in [1.165, 1.54) is 12.1 Å². The first-order valence-corrected chi connectivity index (χ1v) is 16.1. The van der Waals surface area contributed by atoms with E-state index >= 15 is 0 Å². The van der Waals surface area contributed by atoms with Crippen LogP contribution < -0.4 is 14.2 Å². The molecule has 0 radical (unpaired) electrons. The lowest BCUT2D eigenvalue weighted by Gasteiger charge is -2.19. The highest BCUT2D eigenvalue weighted by atomic mass is 19.1. The molecule has 0 aliphatic rings. The van der Waals surface area contributed by atoms with Crippen LogP contribution in [0.15, 0.2) is 138 Å². The molecule has 0 aliphatic heterocycles. The zero-order valence-corrected chi connectivity index (χ0v) is 27.5. The Labute approximate surface area is 288 Å². The van der Waals surface area contributed by atoms with Gasteiger partial charge in [0.1, 0.15) is 34.4 Å². The molecular formula is C43H33FO6. The first kappa shape index (κ1) is 32.2. The van der Waals surface area contributed by atoms with E-state index in [4.69, 9.17) is 18.6 Å². The Morgan fingerprint density at radius 2 is 1.20 bits per heavy atom. The van der Waals surface area contributed by atoms with E-state index < -0.39 is 12.6 Å². The number of aliphatic carboxylic acids is 1. The Morgan fingerprint density at radius 1 is 0.660 bits per heavy atom. The molecular weight excluding hydrogens is 631 g/mol. The van der Waals surface area contributed by atoms with Crippen molar-refractivity contribution in [2.75, 3.05) is 20.8 Å². The zero-order chi connectivity index (χ0) is 34.6. The number of carboxylic acid groups (broad SMARTS) is 1. The number of halogens is 1. The van der Waals surface area contributed by atoms with Crippen molar-refractivity contribution in [2.45, 2.75) is 6.42 Å². The zero-order valence-electron chi connectivity index (χ0n) is 27.5. The third kappa shape index (κ3) is 6.66. The monoisotopic (exact) mass is 664 g/mol. The average Bonchev–Trinajstić information content (AvgIpc) is 3.52. The largest absolute Gasteiger partial charge is 0.497 e. The maximum Gasteiger partial charge on any atom is 0.341 e. The number of rotatable bonds is 11. The maximum absolute atomic E-state index is 13.6. The van der Waals surface area contributed by atoms with Gasteiger partial charge in [-0.05, 0) is 88.0 Å². The molecule has 0 atom stereocenters. The Hall–Kier alpha value is -6.34. The summed E-state index contributed by atoms with van der Waals surface area (Å²) in [6, 6.07) is 42.0. The van der Waals surface area contributed by atoms with Crippen molar-refractivity contribution < 1.29 is 32.9 Å². The summed E-state index contributed by atoms with van der Waals surface area (Å²) in [5.74, 6) is 1.31. The maximum atomic E-state index is 13.6. The van der Waals surface area contributed by atoms with Crippen LogP contribution in [-0.4, -0.2) is 31.9 Å². The van der Waals surface area contributed by atoms with Crippen molar-refractivity contribution in [1.29, 1.82) is 0 Å². The van der Waals surface area contributed by atoms with Crippen LogP contribution in [0.1, 0.15) is 11.3 Å². The van der Waals surface area contributed by atoms with Gasteiger partial charge in [-0.15, -0.1) is 0 Å². The highest BCUT2D eigenvalue weighted by Crippen LogP contribution is 2.44. The molecule has 0 saturated heterocycles. The molecule has 1 N–H and O–H groups in total. The Balaban J connectivity index is 1.35. The summed E-state index contributed by atoms with van der Waals surface area (Å²) in [4.78, 5) is 11.7. The number of furan rings is 1. The number of para-hydroxylation sites is 1. The number of ether oxygens (including phenoxy) is 3. The minimum atomic E-state index is -1.07. The van der Waals surface area contributed by atoms with Gasteiger partial charge in [0.25, 0.3) is 0 Å². The van der Waals surface area contributed by atoms with Gasteiger partial charge in [-0.1, -0.05) is 78.9 Å². The molecule has 1 aromatic heterocycles. The highest BCUT2D eigenvalue weighted by molar-refractivity contribution is 5.96. The van der Waals surface area contributed by atoms with Gasteiger partial charge in [0.2, 0.25) is 0 Å². The first-order valence-electron chi connectivity index (χ1n) is 16.1. The number of carbonyl (C=O) groups is 1. The summed E-state index contributed by atoms with van der Waals surface area (Å²) in [7, 11) is 3.22. The SMILES string of the molecule is COc1ccc(-c2cc(-c3ccc(-c4c(Cc5ccc(F)cc5)oc5ccccc45)cc3)cc(-c3ccc(OC)cc3)c2OCC(=O)O)cc1. The minimum Gasteiger partial charge on any atom is -0.497 e. The van der Waals surface area contributed by atoms with Crippen LogP contribution in [-0.2, 0) is 11.2 Å². The minimum absolute atomic E-state index is 0.277. The van der Waals surface area contributed by atoms with Crippen LogP contribution >= 0.6 is 0 Å². The van der Waals surface area contributed by atoms with Crippen molar-refractivity contribution in [2.24, 2.45) is 0 Å². The van der Waals surface area contributed by atoms with E-state index in [2.05, 4.69) is 24.3 Å². The highest BCUT2D eigenvalue weighted by Gasteiger charge is 2.20. The Kier molecular flexibility index (Phi) is 9.04. The fourth-order valence-corrected chi connectivity index (χ4v) is 6.21. The molecule has 6 aromatic carbocycles. The van der Waals surface area contributed by atoms with Gasteiger partial charge in [0.15, 0.2) is 6.61 Å². The fraction of sp³-hybridized carbons (Fsp3) is 0.0930. The van der Waals surface area contributed by atoms with Crippen LogP contribution in [0.25, 0.3) is 55.5 Å². The molecule has 248 valence electrons. The molecule has 0 amide bonds. The predicted octanol–water partition coefficient (Wildman–Crippen LogP) is 10.3. The molecule has 0 aliphatic carbocycles. The first-order chi connectivity index (χ1) is 24.4. The van der Waals surface area contributed by atoms with Gasteiger partial charge in [-0.25, -0.2) is 9.18 Å². The molecule has 0 unspecified atom stereocenters. The number of hydrogen-bond donors (Lipinski definition) is 1. The van der Waals surface area contributed by atoms with Crippen LogP contribution in [0.2, 0.25) is 0 Å². The van der Waals surface area contributed by atoms with Gasteiger partial charge < -0.3 is 23.7 Å². The van der Waals surface area contributed by atoms with Gasteiger partial charge in [0, 0.05) is 28.5 Å². The average molecular weight is 665 g/mol. The van der Waals surface area contributed by atoms with E-state index in [1.54, 1.807) is 26.4 Å². The van der Waals surface area contributed by atoms with Gasteiger partial charge >= 0.3 is 5.97 Å². The van der Waals surface area contributed by atoms with Crippen molar-refractivity contribution >= 4 is 16.9 Å². The van der Waals surface area contributed by atoms with Crippen LogP contribution in [0.5, 0.6) is 17.2 Å². The second-order valence-electron chi connectivity index (χ2n) is 11.8. The normalized spacial score (nSPS) is 11.0. The molecule has 6 nitrogen and oxygen atoms in total. The molecule has 0 fully saturated rings. The number of methoxy groups -OCH3 is 2. The smallest absolute Gasteiger partial charge is 0.341 e. The summed E-state index contributed by atoms with van der Waals surface area (Å²) >= 11 is 0. The second kappa shape index (κ2) is 14.0. The molecule has 7 heteroatoms. The van der Waals surface area contributed by atoms with E-state index in [0.29, 0.717) is 23.7 Å². The van der Waals surface area contributed by atoms with Crippen LogP contribution in [0.4, 0.5) is 4.39 Å². The van der Waals surface area contributed by atoms with Gasteiger partial charge in [0.05, 0.1) is 14.2 Å². The van der Waals surface area contributed by atoms with Gasteiger partial charge in [-0.2, -0.15) is 0 Å². The molecule has 0 bridgehead atoms. The topological polar surface area (TPSA) is 78.1 Å². The van der Waals surface area contributed by atoms with E-state index in [-0.39, 0.29) is 5.82 Å². The molecule has 7 rings (SSSR count). The molecule has 0 saturated carbocycles. The van der Waals surface area contributed by atoms with Crippen LogP contribution in [0.3, 0.4) is 0 Å². The van der Waals surface area contributed by atoms with Crippen molar-refractivity contribution in [3.8, 4) is 61.8 Å². The molecule has 50 heavy (non-hydrogen) atoms. The number of fused-ring (bicyclic) bond motifs is 1. The van der Waals surface area contributed by atoms with Gasteiger partial charge in [-0.3, -0.25) is 0 Å². The standard InChI is InChI=1S/C43H33FO6/c1-47-34-19-13-29(14-20-34)37-24-32(25-38(43(37)49-26-41(45)46)30-15-21-35(48-2)22-16-30)28-9-11-31(12-10-28)42-36-5-3-4-6-39(36)50-40(42)23-27-7-17-33(44)18-8-27/h3-22,24-25H,23,26H2,1-2H3,(H,45,46). The lowest BCUT2D eigenvalue weighted by atomic mass is 9.91. The second-order valence-corrected chi connectivity index (χ2v) is 11.8. The quantitative estimate of drug-likeness (QED) is 0.148.